The van der Waals surface area contributed by atoms with E-state index >= 15 is 0 Å². The average molecular weight is 412 g/mol. The van der Waals surface area contributed by atoms with Crippen molar-refractivity contribution in [3.63, 3.8) is 0 Å². The van der Waals surface area contributed by atoms with Gasteiger partial charge in [0.05, 0.1) is 12.7 Å². The first-order chi connectivity index (χ1) is 9.83. The van der Waals surface area contributed by atoms with Crippen LogP contribution in [0.25, 0.3) is 0 Å². The van der Waals surface area contributed by atoms with E-state index in [4.69, 9.17) is 9.47 Å². The fourth-order valence-corrected chi connectivity index (χ4v) is 2.82. The Morgan fingerprint density at radius 1 is 1.33 bits per heavy atom. The van der Waals surface area contributed by atoms with Gasteiger partial charge in [0.25, 0.3) is 0 Å². The third-order valence-corrected chi connectivity index (χ3v) is 3.96. The lowest BCUT2D eigenvalue weighted by Crippen LogP contribution is -2.53. The maximum Gasteiger partial charge on any atom is 0.193 e. The molecule has 124 valence electrons. The van der Waals surface area contributed by atoms with E-state index in [1.54, 1.807) is 7.11 Å². The topological polar surface area (TPSA) is 49.3 Å². The molecule has 0 spiro atoms. The van der Waals surface area contributed by atoms with Crippen molar-refractivity contribution >= 4 is 29.9 Å². The van der Waals surface area contributed by atoms with Gasteiger partial charge in [-0.3, -0.25) is 9.89 Å². The number of hydrogen-bond acceptors (Lipinski definition) is 4. The van der Waals surface area contributed by atoms with Crippen LogP contribution >= 0.6 is 24.0 Å². The normalized spacial score (nSPS) is 24.0. The smallest absolute Gasteiger partial charge is 0.193 e. The van der Waals surface area contributed by atoms with Crippen LogP contribution in [0.5, 0.6) is 0 Å². The number of ether oxygens (including phenoxy) is 2. The summed E-state index contributed by atoms with van der Waals surface area (Å²) in [5.74, 6) is 0.985. The lowest BCUT2D eigenvalue weighted by atomic mass is 10.2. The van der Waals surface area contributed by atoms with Gasteiger partial charge in [-0.05, 0) is 12.8 Å². The molecular weight excluding hydrogens is 383 g/mol. The third-order valence-electron chi connectivity index (χ3n) is 3.96. The molecule has 0 aromatic heterocycles. The minimum absolute atomic E-state index is 0. The van der Waals surface area contributed by atoms with Crippen molar-refractivity contribution in [2.24, 2.45) is 4.99 Å². The zero-order valence-corrected chi connectivity index (χ0v) is 15.5. The van der Waals surface area contributed by atoms with E-state index in [-0.39, 0.29) is 24.0 Å². The summed E-state index contributed by atoms with van der Waals surface area (Å²) in [5.41, 5.74) is 0. The van der Waals surface area contributed by atoms with Crippen molar-refractivity contribution < 1.29 is 9.47 Å². The number of methoxy groups -OCH3 is 1. The maximum atomic E-state index is 5.71. The minimum atomic E-state index is 0. The van der Waals surface area contributed by atoms with E-state index in [1.165, 1.54) is 12.8 Å². The summed E-state index contributed by atoms with van der Waals surface area (Å²) in [7, 11) is 3.56. The molecule has 0 aliphatic carbocycles. The van der Waals surface area contributed by atoms with Crippen molar-refractivity contribution in [3.05, 3.63) is 0 Å². The van der Waals surface area contributed by atoms with Crippen molar-refractivity contribution in [2.75, 3.05) is 66.6 Å². The van der Waals surface area contributed by atoms with Crippen molar-refractivity contribution in [1.82, 2.24) is 15.1 Å². The molecule has 2 heterocycles. The van der Waals surface area contributed by atoms with E-state index in [9.17, 15) is 0 Å². The summed E-state index contributed by atoms with van der Waals surface area (Å²) >= 11 is 0. The van der Waals surface area contributed by atoms with Gasteiger partial charge >= 0.3 is 0 Å². The molecule has 2 saturated heterocycles. The molecule has 0 aromatic carbocycles. The molecule has 1 atom stereocenters. The molecule has 1 N–H and O–H groups in total. The molecule has 2 rings (SSSR count). The highest BCUT2D eigenvalue weighted by atomic mass is 127. The number of nitrogens with one attached hydrogen (secondary N) is 1. The molecule has 2 aliphatic rings. The Morgan fingerprint density at radius 2 is 2.10 bits per heavy atom. The monoisotopic (exact) mass is 412 g/mol. The standard InChI is InChI=1S/C14H28N4O2.HI/c1-15-14(16-5-11-19-2)18-8-6-17(7-9-18)12-13-4-3-10-20-13;/h13H,3-12H2,1-2H3,(H,15,16);1H. The van der Waals surface area contributed by atoms with Gasteiger partial charge in [0, 0.05) is 60.0 Å². The SMILES string of the molecule is CN=C(NCCOC)N1CCN(CC2CCCO2)CC1.I. The predicted molar refractivity (Wildman–Crippen MR) is 95.6 cm³/mol. The van der Waals surface area contributed by atoms with Crippen LogP contribution in [-0.2, 0) is 9.47 Å². The van der Waals surface area contributed by atoms with Gasteiger partial charge in [-0.2, -0.15) is 0 Å². The highest BCUT2D eigenvalue weighted by Gasteiger charge is 2.23. The van der Waals surface area contributed by atoms with Gasteiger partial charge in [-0.15, -0.1) is 24.0 Å². The minimum Gasteiger partial charge on any atom is -0.383 e. The van der Waals surface area contributed by atoms with Crippen molar-refractivity contribution in [2.45, 2.75) is 18.9 Å². The molecule has 7 heteroatoms. The van der Waals surface area contributed by atoms with E-state index in [0.717, 1.165) is 51.8 Å². The molecule has 0 bridgehead atoms. The van der Waals surface area contributed by atoms with E-state index < -0.39 is 0 Å². The first-order valence-electron chi connectivity index (χ1n) is 7.62. The largest absolute Gasteiger partial charge is 0.383 e. The van der Waals surface area contributed by atoms with E-state index in [2.05, 4.69) is 20.1 Å². The highest BCUT2D eigenvalue weighted by molar-refractivity contribution is 14.0. The number of piperazine rings is 1. The number of guanidine groups is 1. The van der Waals surface area contributed by atoms with Gasteiger partial charge in [0.1, 0.15) is 0 Å². The maximum absolute atomic E-state index is 5.71. The third kappa shape index (κ3) is 6.25. The Hall–Kier alpha value is -0.120. The molecule has 0 saturated carbocycles. The molecule has 0 amide bonds. The predicted octanol–water partition coefficient (Wildman–Crippen LogP) is 0.623. The van der Waals surface area contributed by atoms with Crippen LogP contribution in [0.1, 0.15) is 12.8 Å². The van der Waals surface area contributed by atoms with Crippen LogP contribution in [0.3, 0.4) is 0 Å². The molecule has 0 aromatic rings. The number of hydrogen-bond donors (Lipinski definition) is 1. The summed E-state index contributed by atoms with van der Waals surface area (Å²) in [6, 6.07) is 0. The fourth-order valence-electron chi connectivity index (χ4n) is 2.82. The van der Waals surface area contributed by atoms with Gasteiger partial charge in [-0.1, -0.05) is 0 Å². The molecule has 1 unspecified atom stereocenters. The Labute approximate surface area is 145 Å². The van der Waals surface area contributed by atoms with Crippen LogP contribution in [0.4, 0.5) is 0 Å². The summed E-state index contributed by atoms with van der Waals surface area (Å²) in [6.45, 7) is 7.77. The van der Waals surface area contributed by atoms with Crippen LogP contribution in [0.15, 0.2) is 4.99 Å². The Balaban J connectivity index is 0.00000220. The second-order valence-corrected chi connectivity index (χ2v) is 5.39. The van der Waals surface area contributed by atoms with Crippen LogP contribution in [0.2, 0.25) is 0 Å². The van der Waals surface area contributed by atoms with Crippen molar-refractivity contribution in [1.29, 1.82) is 0 Å². The van der Waals surface area contributed by atoms with Crippen molar-refractivity contribution in [3.8, 4) is 0 Å². The molecular formula is C14H29IN4O2. The average Bonchev–Trinajstić information content (AvgIpc) is 2.98. The van der Waals surface area contributed by atoms with Crippen LogP contribution in [0, 0.1) is 0 Å². The Morgan fingerprint density at radius 3 is 2.67 bits per heavy atom. The van der Waals surface area contributed by atoms with Gasteiger partial charge in [0.2, 0.25) is 0 Å². The van der Waals surface area contributed by atoms with E-state index in [1.807, 2.05) is 7.05 Å². The van der Waals surface area contributed by atoms with Crippen LogP contribution < -0.4 is 5.32 Å². The summed E-state index contributed by atoms with van der Waals surface area (Å²) in [5, 5.41) is 3.34. The van der Waals surface area contributed by atoms with Gasteiger partial charge in [-0.25, -0.2) is 0 Å². The highest BCUT2D eigenvalue weighted by Crippen LogP contribution is 2.14. The zero-order valence-electron chi connectivity index (χ0n) is 13.2. The first-order valence-corrected chi connectivity index (χ1v) is 7.62. The Kier molecular flexibility index (Phi) is 9.54. The molecule has 2 aliphatic heterocycles. The quantitative estimate of drug-likeness (QED) is 0.311. The lowest BCUT2D eigenvalue weighted by molar-refractivity contribution is 0.0599. The molecule has 6 nitrogen and oxygen atoms in total. The molecule has 21 heavy (non-hydrogen) atoms. The first kappa shape index (κ1) is 18.9. The number of rotatable bonds is 5. The second-order valence-electron chi connectivity index (χ2n) is 5.39. The molecule has 0 radical (unpaired) electrons. The lowest BCUT2D eigenvalue weighted by Gasteiger charge is -2.37. The number of aliphatic imine (C=N–C) groups is 1. The summed E-state index contributed by atoms with van der Waals surface area (Å²) in [4.78, 5) is 9.17. The number of nitrogens with zero attached hydrogens (tertiary/aromatic N) is 3. The Bertz CT molecular complexity index is 303. The number of halogens is 1. The summed E-state index contributed by atoms with van der Waals surface area (Å²) in [6.07, 6.45) is 2.90. The van der Waals surface area contributed by atoms with Gasteiger partial charge < -0.3 is 19.7 Å². The fraction of sp³-hybridized carbons (Fsp3) is 0.929. The van der Waals surface area contributed by atoms with E-state index in [0.29, 0.717) is 12.7 Å². The second kappa shape index (κ2) is 10.6. The van der Waals surface area contributed by atoms with Crippen LogP contribution in [-0.4, -0.2) is 88.5 Å². The van der Waals surface area contributed by atoms with Gasteiger partial charge in [0.15, 0.2) is 5.96 Å². The summed E-state index contributed by atoms with van der Waals surface area (Å²) < 4.78 is 10.8. The molecule has 2 fully saturated rings. The zero-order chi connectivity index (χ0) is 14.2.